The Morgan fingerprint density at radius 1 is 1.40 bits per heavy atom. The Morgan fingerprint density at radius 2 is 2.20 bits per heavy atom. The average molecular weight is 204 g/mol. The van der Waals surface area contributed by atoms with E-state index in [9.17, 15) is 0 Å². The molecule has 1 N–H and O–H groups in total. The number of nitrogens with zero attached hydrogens (tertiary/aromatic N) is 3. The molecule has 0 fully saturated rings. The van der Waals surface area contributed by atoms with E-state index in [4.69, 9.17) is 0 Å². The van der Waals surface area contributed by atoms with Crippen LogP contribution in [-0.2, 0) is 20.6 Å². The second kappa shape index (κ2) is 3.81. The summed E-state index contributed by atoms with van der Waals surface area (Å²) in [5.41, 5.74) is 2.42. The predicted molar refractivity (Wildman–Crippen MR) is 60.7 cm³/mol. The third-order valence-electron chi connectivity index (χ3n) is 2.50. The molecule has 0 aliphatic heterocycles. The minimum atomic E-state index is 0.807. The fourth-order valence-electron chi connectivity index (χ4n) is 1.64. The van der Waals surface area contributed by atoms with Gasteiger partial charge in [-0.1, -0.05) is 0 Å². The molecule has 0 aromatic carbocycles. The van der Waals surface area contributed by atoms with Crippen LogP contribution in [0.2, 0.25) is 0 Å². The van der Waals surface area contributed by atoms with Crippen LogP contribution in [0.15, 0.2) is 24.5 Å². The van der Waals surface area contributed by atoms with Gasteiger partial charge in [-0.05, 0) is 19.1 Å². The van der Waals surface area contributed by atoms with Gasteiger partial charge in [0.25, 0.3) is 0 Å². The largest absolute Gasteiger partial charge is 0.363 e. The Morgan fingerprint density at radius 3 is 2.73 bits per heavy atom. The highest BCUT2D eigenvalue weighted by Crippen LogP contribution is 2.11. The minimum Gasteiger partial charge on any atom is -0.363 e. The summed E-state index contributed by atoms with van der Waals surface area (Å²) < 4.78 is 3.92. The van der Waals surface area contributed by atoms with Crippen molar-refractivity contribution in [1.82, 2.24) is 14.3 Å². The normalized spacial score (nSPS) is 10.6. The molecule has 2 aromatic rings. The van der Waals surface area contributed by atoms with Gasteiger partial charge in [-0.15, -0.1) is 0 Å². The first-order chi connectivity index (χ1) is 7.16. The quantitative estimate of drug-likeness (QED) is 0.825. The van der Waals surface area contributed by atoms with E-state index in [1.807, 2.05) is 37.2 Å². The molecule has 0 aliphatic rings. The maximum atomic E-state index is 4.34. The first-order valence-electron chi connectivity index (χ1n) is 5.01. The highest BCUT2D eigenvalue weighted by atomic mass is 15.3. The summed E-state index contributed by atoms with van der Waals surface area (Å²) in [5, 5.41) is 7.66. The first kappa shape index (κ1) is 9.83. The van der Waals surface area contributed by atoms with E-state index in [0.717, 1.165) is 12.4 Å². The molecule has 4 nitrogen and oxygen atoms in total. The van der Waals surface area contributed by atoms with Gasteiger partial charge in [-0.2, -0.15) is 5.10 Å². The Balaban J connectivity index is 2.05. The lowest BCUT2D eigenvalue weighted by atomic mass is 10.3. The number of aryl methyl sites for hydroxylation is 3. The molecule has 80 valence electrons. The van der Waals surface area contributed by atoms with Crippen LogP contribution >= 0.6 is 0 Å². The van der Waals surface area contributed by atoms with Crippen molar-refractivity contribution in [3.8, 4) is 0 Å². The van der Waals surface area contributed by atoms with Gasteiger partial charge >= 0.3 is 0 Å². The van der Waals surface area contributed by atoms with Crippen molar-refractivity contribution in [2.24, 2.45) is 14.1 Å². The van der Waals surface area contributed by atoms with E-state index in [0.29, 0.717) is 0 Å². The summed E-state index contributed by atoms with van der Waals surface area (Å²) in [6.07, 6.45) is 4.05. The standard InChI is InChI=1S/C11H16N4/c1-9-8-15(3)13-11(9)12-7-10-5-4-6-14(10)2/h4-6,8H,7H2,1-3H3,(H,12,13). The summed E-state index contributed by atoms with van der Waals surface area (Å²) >= 11 is 0. The maximum absolute atomic E-state index is 4.34. The SMILES string of the molecule is Cc1cn(C)nc1NCc1cccn1C. The molecule has 15 heavy (non-hydrogen) atoms. The fraction of sp³-hybridized carbons (Fsp3) is 0.364. The van der Waals surface area contributed by atoms with Gasteiger partial charge in [0.1, 0.15) is 0 Å². The predicted octanol–water partition coefficient (Wildman–Crippen LogP) is 1.68. The second-order valence-corrected chi connectivity index (χ2v) is 3.80. The molecule has 0 radical (unpaired) electrons. The van der Waals surface area contributed by atoms with Crippen molar-refractivity contribution in [2.45, 2.75) is 13.5 Å². The fourth-order valence-corrected chi connectivity index (χ4v) is 1.64. The molecule has 0 aliphatic carbocycles. The number of hydrogen-bond donors (Lipinski definition) is 1. The van der Waals surface area contributed by atoms with Crippen LogP contribution in [0.5, 0.6) is 0 Å². The molecule has 0 atom stereocenters. The van der Waals surface area contributed by atoms with Gasteiger partial charge in [-0.3, -0.25) is 4.68 Å². The van der Waals surface area contributed by atoms with E-state index in [1.54, 1.807) is 0 Å². The van der Waals surface area contributed by atoms with Gasteiger partial charge in [0.15, 0.2) is 5.82 Å². The van der Waals surface area contributed by atoms with Gasteiger partial charge < -0.3 is 9.88 Å². The summed E-state index contributed by atoms with van der Waals surface area (Å²) in [4.78, 5) is 0. The molecule has 0 bridgehead atoms. The molecule has 0 saturated heterocycles. The third-order valence-corrected chi connectivity index (χ3v) is 2.50. The van der Waals surface area contributed by atoms with Gasteiger partial charge in [0, 0.05) is 37.7 Å². The lowest BCUT2D eigenvalue weighted by molar-refractivity contribution is 0.765. The van der Waals surface area contributed by atoms with Gasteiger partial charge in [-0.25, -0.2) is 0 Å². The molecule has 2 aromatic heterocycles. The zero-order valence-corrected chi connectivity index (χ0v) is 9.36. The maximum Gasteiger partial charge on any atom is 0.151 e. The highest BCUT2D eigenvalue weighted by molar-refractivity contribution is 5.42. The second-order valence-electron chi connectivity index (χ2n) is 3.80. The van der Waals surface area contributed by atoms with E-state index < -0.39 is 0 Å². The molecule has 4 heteroatoms. The Hall–Kier alpha value is -1.71. The molecule has 2 rings (SSSR count). The smallest absolute Gasteiger partial charge is 0.151 e. The summed E-state index contributed by atoms with van der Waals surface area (Å²) in [7, 11) is 3.98. The Labute approximate surface area is 89.5 Å². The topological polar surface area (TPSA) is 34.8 Å². The Bertz CT molecular complexity index is 453. The van der Waals surface area contributed by atoms with Crippen LogP contribution in [-0.4, -0.2) is 14.3 Å². The van der Waals surface area contributed by atoms with Crippen molar-refractivity contribution >= 4 is 5.82 Å². The highest BCUT2D eigenvalue weighted by Gasteiger charge is 2.03. The molecule has 0 unspecified atom stereocenters. The van der Waals surface area contributed by atoms with E-state index in [1.165, 1.54) is 11.3 Å². The summed E-state index contributed by atoms with van der Waals surface area (Å²) in [5.74, 6) is 0.957. The number of nitrogens with one attached hydrogen (secondary N) is 1. The number of hydrogen-bond acceptors (Lipinski definition) is 2. The van der Waals surface area contributed by atoms with Crippen molar-refractivity contribution in [3.63, 3.8) is 0 Å². The van der Waals surface area contributed by atoms with E-state index in [2.05, 4.69) is 28.0 Å². The van der Waals surface area contributed by atoms with Gasteiger partial charge in [0.05, 0.1) is 6.54 Å². The van der Waals surface area contributed by atoms with Crippen LogP contribution in [0.4, 0.5) is 5.82 Å². The van der Waals surface area contributed by atoms with Crippen LogP contribution in [0.25, 0.3) is 0 Å². The zero-order valence-electron chi connectivity index (χ0n) is 9.36. The monoisotopic (exact) mass is 204 g/mol. The van der Waals surface area contributed by atoms with Crippen LogP contribution in [0, 0.1) is 6.92 Å². The van der Waals surface area contributed by atoms with Crippen molar-refractivity contribution in [2.75, 3.05) is 5.32 Å². The first-order valence-corrected chi connectivity index (χ1v) is 5.01. The number of rotatable bonds is 3. The molecule has 0 saturated carbocycles. The van der Waals surface area contributed by atoms with Crippen molar-refractivity contribution in [1.29, 1.82) is 0 Å². The summed E-state index contributed by atoms with van der Waals surface area (Å²) in [6, 6.07) is 4.15. The lowest BCUT2D eigenvalue weighted by Crippen LogP contribution is -2.05. The van der Waals surface area contributed by atoms with Crippen molar-refractivity contribution < 1.29 is 0 Å². The minimum absolute atomic E-state index is 0.807. The number of aromatic nitrogens is 3. The summed E-state index contributed by atoms with van der Waals surface area (Å²) in [6.45, 7) is 2.86. The number of anilines is 1. The molecule has 0 amide bonds. The zero-order chi connectivity index (χ0) is 10.8. The van der Waals surface area contributed by atoms with E-state index in [-0.39, 0.29) is 0 Å². The van der Waals surface area contributed by atoms with Crippen molar-refractivity contribution in [3.05, 3.63) is 35.8 Å². The van der Waals surface area contributed by atoms with E-state index >= 15 is 0 Å². The average Bonchev–Trinajstić information content (AvgIpc) is 2.70. The third kappa shape index (κ3) is 2.03. The lowest BCUT2D eigenvalue weighted by Gasteiger charge is -2.05. The van der Waals surface area contributed by atoms with Crippen LogP contribution in [0.3, 0.4) is 0 Å². The van der Waals surface area contributed by atoms with Gasteiger partial charge in [0.2, 0.25) is 0 Å². The van der Waals surface area contributed by atoms with Crippen LogP contribution in [0.1, 0.15) is 11.3 Å². The molecular formula is C11H16N4. The Kier molecular flexibility index (Phi) is 2.49. The molecule has 0 spiro atoms. The molecular weight excluding hydrogens is 188 g/mol. The van der Waals surface area contributed by atoms with Crippen LogP contribution < -0.4 is 5.32 Å². The molecule has 2 heterocycles.